The van der Waals surface area contributed by atoms with Crippen LogP contribution in [0.15, 0.2) is 0 Å². The largest absolute Gasteiger partial charge is 0.375 e. The summed E-state index contributed by atoms with van der Waals surface area (Å²) in [6.07, 6.45) is 1.91. The monoisotopic (exact) mass is 327 g/mol. The Morgan fingerprint density at radius 2 is 2.22 bits per heavy atom. The van der Waals surface area contributed by atoms with Gasteiger partial charge in [-0.3, -0.25) is 4.79 Å². The molecule has 1 aliphatic rings. The number of carbonyl (C=O) groups is 1. The number of hydrogen-bond acceptors (Lipinski definition) is 2. The number of carbonyl (C=O) groups excluding carboxylic acids is 1. The lowest BCUT2D eigenvalue weighted by atomic mass is 9.99. The molecule has 1 atom stereocenters. The first-order chi connectivity index (χ1) is 8.65. The molecule has 1 aliphatic heterocycles. The lowest BCUT2D eigenvalue weighted by molar-refractivity contribution is -0.136. The van der Waals surface area contributed by atoms with Crippen molar-refractivity contribution in [2.45, 2.75) is 44.6 Å². The minimum atomic E-state index is -2.46. The Kier molecular flexibility index (Phi) is 7.74. The van der Waals surface area contributed by atoms with E-state index in [0.717, 1.165) is 37.6 Å². The van der Waals surface area contributed by atoms with E-state index in [1.165, 1.54) is 0 Å². The minimum absolute atomic E-state index is 0.0231. The fraction of sp³-hybridized carbons (Fsp3) is 0.917. The highest BCUT2D eigenvalue weighted by Crippen LogP contribution is 2.21. The molecule has 0 aromatic carbocycles. The van der Waals surface area contributed by atoms with Crippen LogP contribution >= 0.6 is 15.9 Å². The number of alkyl halides is 3. The Morgan fingerprint density at radius 1 is 1.44 bits per heavy atom. The van der Waals surface area contributed by atoms with Gasteiger partial charge < -0.3 is 9.64 Å². The van der Waals surface area contributed by atoms with Gasteiger partial charge in [-0.25, -0.2) is 8.78 Å². The van der Waals surface area contributed by atoms with Gasteiger partial charge in [0.15, 0.2) is 0 Å². The first-order valence-corrected chi connectivity index (χ1v) is 7.48. The van der Waals surface area contributed by atoms with Crippen LogP contribution in [-0.2, 0) is 9.53 Å². The molecule has 18 heavy (non-hydrogen) atoms. The second-order valence-corrected chi connectivity index (χ2v) is 5.22. The molecule has 0 spiro atoms. The predicted octanol–water partition coefficient (Wildman–Crippen LogP) is 2.82. The molecular weight excluding hydrogens is 308 g/mol. The summed E-state index contributed by atoms with van der Waals surface area (Å²) in [5.41, 5.74) is 0. The van der Waals surface area contributed by atoms with Crippen LogP contribution in [0.4, 0.5) is 8.78 Å². The smallest absolute Gasteiger partial charge is 0.261 e. The molecule has 0 saturated carbocycles. The third-order valence-electron chi connectivity index (χ3n) is 3.09. The molecule has 1 heterocycles. The summed E-state index contributed by atoms with van der Waals surface area (Å²) in [5.74, 6) is 0.0231. The summed E-state index contributed by atoms with van der Waals surface area (Å²) in [5, 5.41) is 0.878. The maximum atomic E-state index is 12.0. The number of likely N-dealkylation sites (tertiary alicyclic amines) is 1. The van der Waals surface area contributed by atoms with Gasteiger partial charge in [0.1, 0.15) is 6.61 Å². The van der Waals surface area contributed by atoms with Gasteiger partial charge in [-0.05, 0) is 25.7 Å². The molecule has 0 aliphatic carbocycles. The number of hydrogen-bond donors (Lipinski definition) is 0. The molecule has 0 bridgehead atoms. The molecule has 106 valence electrons. The van der Waals surface area contributed by atoms with E-state index in [0.29, 0.717) is 6.04 Å². The average molecular weight is 328 g/mol. The second kappa shape index (κ2) is 8.80. The van der Waals surface area contributed by atoms with Crippen molar-refractivity contribution in [2.75, 3.05) is 25.1 Å². The lowest BCUT2D eigenvalue weighted by Gasteiger charge is -2.35. The van der Waals surface area contributed by atoms with Crippen molar-refractivity contribution >= 4 is 21.8 Å². The molecule has 1 rings (SSSR count). The van der Waals surface area contributed by atoms with Crippen LogP contribution in [0.1, 0.15) is 32.1 Å². The van der Waals surface area contributed by atoms with Crippen LogP contribution < -0.4 is 0 Å². The van der Waals surface area contributed by atoms with E-state index in [1.54, 1.807) is 0 Å². The SMILES string of the molecule is O=C(CCOCC(F)F)N1CCCCC1CCBr. The van der Waals surface area contributed by atoms with Gasteiger partial charge in [-0.1, -0.05) is 15.9 Å². The normalized spacial score (nSPS) is 20.4. The van der Waals surface area contributed by atoms with Crippen molar-refractivity contribution in [1.29, 1.82) is 0 Å². The molecule has 0 radical (unpaired) electrons. The van der Waals surface area contributed by atoms with Crippen molar-refractivity contribution in [3.63, 3.8) is 0 Å². The summed E-state index contributed by atoms with van der Waals surface area (Å²) >= 11 is 3.40. The lowest BCUT2D eigenvalue weighted by Crippen LogP contribution is -2.44. The summed E-state index contributed by atoms with van der Waals surface area (Å²) < 4.78 is 28.4. The van der Waals surface area contributed by atoms with Gasteiger partial charge in [0, 0.05) is 17.9 Å². The summed E-state index contributed by atoms with van der Waals surface area (Å²) in [7, 11) is 0. The van der Waals surface area contributed by atoms with Crippen LogP contribution in [0, 0.1) is 0 Å². The molecule has 1 unspecified atom stereocenters. The van der Waals surface area contributed by atoms with Crippen molar-refractivity contribution in [3.05, 3.63) is 0 Å². The minimum Gasteiger partial charge on any atom is -0.375 e. The quantitative estimate of drug-likeness (QED) is 0.531. The zero-order valence-corrected chi connectivity index (χ0v) is 12.0. The maximum absolute atomic E-state index is 12.0. The zero-order chi connectivity index (χ0) is 13.4. The molecule has 1 saturated heterocycles. The number of ether oxygens (including phenoxy) is 1. The molecular formula is C12H20BrF2NO2. The van der Waals surface area contributed by atoms with Crippen molar-refractivity contribution in [1.82, 2.24) is 4.90 Å². The fourth-order valence-corrected chi connectivity index (χ4v) is 2.76. The molecule has 6 heteroatoms. The van der Waals surface area contributed by atoms with E-state index in [-0.39, 0.29) is 18.9 Å². The Balaban J connectivity index is 2.29. The van der Waals surface area contributed by atoms with Gasteiger partial charge in [0.2, 0.25) is 5.91 Å². The molecule has 0 aromatic heterocycles. The van der Waals surface area contributed by atoms with Gasteiger partial charge in [-0.15, -0.1) is 0 Å². The van der Waals surface area contributed by atoms with E-state index in [4.69, 9.17) is 4.74 Å². The molecule has 3 nitrogen and oxygen atoms in total. The third-order valence-corrected chi connectivity index (χ3v) is 3.55. The first-order valence-electron chi connectivity index (χ1n) is 6.36. The van der Waals surface area contributed by atoms with E-state index in [2.05, 4.69) is 15.9 Å². The Bertz CT molecular complexity index is 252. The van der Waals surface area contributed by atoms with E-state index >= 15 is 0 Å². The number of piperidine rings is 1. The Morgan fingerprint density at radius 3 is 2.89 bits per heavy atom. The van der Waals surface area contributed by atoms with Crippen LogP contribution in [0.2, 0.25) is 0 Å². The highest BCUT2D eigenvalue weighted by atomic mass is 79.9. The number of amides is 1. The Labute approximate surface area is 115 Å². The first kappa shape index (κ1) is 15.8. The second-order valence-electron chi connectivity index (χ2n) is 4.43. The molecule has 1 amide bonds. The fourth-order valence-electron chi connectivity index (χ4n) is 2.23. The van der Waals surface area contributed by atoms with E-state index in [1.807, 2.05) is 4.90 Å². The topological polar surface area (TPSA) is 29.5 Å². The standard InChI is InChI=1S/C12H20BrF2NO2/c13-6-4-10-3-1-2-7-16(10)12(17)5-8-18-9-11(14)15/h10-11H,1-9H2. The summed E-state index contributed by atoms with van der Waals surface area (Å²) in [6, 6.07) is 0.292. The van der Waals surface area contributed by atoms with Crippen molar-refractivity contribution in [2.24, 2.45) is 0 Å². The highest BCUT2D eigenvalue weighted by Gasteiger charge is 2.25. The molecule has 0 N–H and O–H groups in total. The Hall–Kier alpha value is -0.230. The van der Waals surface area contributed by atoms with E-state index < -0.39 is 13.0 Å². The van der Waals surface area contributed by atoms with Gasteiger partial charge in [0.05, 0.1) is 13.0 Å². The zero-order valence-electron chi connectivity index (χ0n) is 10.4. The van der Waals surface area contributed by atoms with Crippen molar-refractivity contribution < 1.29 is 18.3 Å². The van der Waals surface area contributed by atoms with Gasteiger partial charge in [-0.2, -0.15) is 0 Å². The highest BCUT2D eigenvalue weighted by molar-refractivity contribution is 9.09. The van der Waals surface area contributed by atoms with Crippen LogP contribution in [0.25, 0.3) is 0 Å². The number of halogens is 3. The number of nitrogens with zero attached hydrogens (tertiary/aromatic N) is 1. The van der Waals surface area contributed by atoms with Crippen LogP contribution in [-0.4, -0.2) is 48.4 Å². The number of rotatable bonds is 7. The summed E-state index contributed by atoms with van der Waals surface area (Å²) in [4.78, 5) is 13.9. The third kappa shape index (κ3) is 5.61. The average Bonchev–Trinajstić information content (AvgIpc) is 2.35. The van der Waals surface area contributed by atoms with Crippen molar-refractivity contribution in [3.8, 4) is 0 Å². The predicted molar refractivity (Wildman–Crippen MR) is 69.2 cm³/mol. The summed E-state index contributed by atoms with van der Waals surface area (Å²) in [6.45, 7) is 0.282. The van der Waals surface area contributed by atoms with E-state index in [9.17, 15) is 13.6 Å². The van der Waals surface area contributed by atoms with Gasteiger partial charge in [0.25, 0.3) is 6.43 Å². The van der Waals surface area contributed by atoms with Crippen LogP contribution in [0.5, 0.6) is 0 Å². The van der Waals surface area contributed by atoms with Gasteiger partial charge >= 0.3 is 0 Å². The molecule has 1 fully saturated rings. The molecule has 0 aromatic rings. The van der Waals surface area contributed by atoms with Crippen LogP contribution in [0.3, 0.4) is 0 Å². The maximum Gasteiger partial charge on any atom is 0.261 e.